The number of aromatic nitrogens is 3. The van der Waals surface area contributed by atoms with E-state index in [-0.39, 0.29) is 0 Å². The largest absolute Gasteiger partial charge is 0.381 e. The maximum Gasteiger partial charge on any atom is 0.153 e. The molecule has 4 heteroatoms. The third-order valence-corrected chi connectivity index (χ3v) is 2.88. The van der Waals surface area contributed by atoms with Crippen LogP contribution >= 0.6 is 0 Å². The molecule has 0 fully saturated rings. The van der Waals surface area contributed by atoms with Gasteiger partial charge in [0.1, 0.15) is 0 Å². The smallest absolute Gasteiger partial charge is 0.153 e. The van der Waals surface area contributed by atoms with Crippen LogP contribution in [-0.4, -0.2) is 20.8 Å². The number of nitrogens with one attached hydrogen (secondary N) is 1. The van der Waals surface area contributed by atoms with Gasteiger partial charge in [0.05, 0.1) is 11.9 Å². The minimum Gasteiger partial charge on any atom is -0.381 e. The second-order valence-electron chi connectivity index (χ2n) is 4.53. The molecule has 1 N–H and O–H groups in total. The van der Waals surface area contributed by atoms with Crippen LogP contribution in [-0.2, 0) is 0 Å². The third kappa shape index (κ3) is 2.84. The highest BCUT2D eigenvalue weighted by molar-refractivity contribution is 5.44. The molecule has 0 aliphatic carbocycles. The SMILES string of the molecule is CC(C)C(C)Nc1ccc(-n2cccn2)nc1. The van der Waals surface area contributed by atoms with Crippen molar-refractivity contribution < 1.29 is 0 Å². The first-order valence-electron chi connectivity index (χ1n) is 5.89. The molecule has 0 aromatic carbocycles. The van der Waals surface area contributed by atoms with E-state index < -0.39 is 0 Å². The Bertz CT molecular complexity index is 445. The molecule has 2 heterocycles. The molecular weight excluding hydrogens is 212 g/mol. The minimum atomic E-state index is 0.437. The number of anilines is 1. The summed E-state index contributed by atoms with van der Waals surface area (Å²) in [5.74, 6) is 1.43. The van der Waals surface area contributed by atoms with E-state index in [2.05, 4.69) is 36.2 Å². The molecule has 0 bridgehead atoms. The van der Waals surface area contributed by atoms with Crippen molar-refractivity contribution in [1.82, 2.24) is 14.8 Å². The molecule has 0 spiro atoms. The van der Waals surface area contributed by atoms with E-state index >= 15 is 0 Å². The molecule has 2 aromatic rings. The number of nitrogens with zero attached hydrogens (tertiary/aromatic N) is 3. The maximum absolute atomic E-state index is 4.37. The summed E-state index contributed by atoms with van der Waals surface area (Å²) in [6.45, 7) is 6.57. The Morgan fingerprint density at radius 3 is 2.59 bits per heavy atom. The van der Waals surface area contributed by atoms with Crippen LogP contribution in [0, 0.1) is 5.92 Å². The fourth-order valence-corrected chi connectivity index (χ4v) is 1.44. The van der Waals surface area contributed by atoms with E-state index in [9.17, 15) is 0 Å². The highest BCUT2D eigenvalue weighted by atomic mass is 15.3. The molecule has 90 valence electrons. The predicted molar refractivity (Wildman–Crippen MR) is 69.3 cm³/mol. The molecular formula is C13H18N4. The molecule has 0 aliphatic heterocycles. The van der Waals surface area contributed by atoms with Crippen LogP contribution in [0.1, 0.15) is 20.8 Å². The van der Waals surface area contributed by atoms with E-state index in [0.29, 0.717) is 12.0 Å². The number of rotatable bonds is 4. The Kier molecular flexibility index (Phi) is 3.42. The second kappa shape index (κ2) is 4.99. The zero-order chi connectivity index (χ0) is 12.3. The minimum absolute atomic E-state index is 0.437. The van der Waals surface area contributed by atoms with Gasteiger partial charge >= 0.3 is 0 Å². The first-order chi connectivity index (χ1) is 8.16. The van der Waals surface area contributed by atoms with Crippen molar-refractivity contribution in [3.05, 3.63) is 36.8 Å². The Labute approximate surface area is 102 Å². The van der Waals surface area contributed by atoms with Crippen molar-refractivity contribution in [2.75, 3.05) is 5.32 Å². The van der Waals surface area contributed by atoms with Gasteiger partial charge in [-0.3, -0.25) is 0 Å². The molecule has 0 radical (unpaired) electrons. The molecule has 0 saturated carbocycles. The van der Waals surface area contributed by atoms with Crippen LogP contribution in [0.25, 0.3) is 5.82 Å². The molecule has 0 amide bonds. The number of hydrogen-bond acceptors (Lipinski definition) is 3. The summed E-state index contributed by atoms with van der Waals surface area (Å²) in [7, 11) is 0. The van der Waals surface area contributed by atoms with E-state index in [1.54, 1.807) is 10.9 Å². The van der Waals surface area contributed by atoms with Crippen LogP contribution in [0.15, 0.2) is 36.8 Å². The van der Waals surface area contributed by atoms with Crippen LogP contribution in [0.4, 0.5) is 5.69 Å². The van der Waals surface area contributed by atoms with E-state index in [1.165, 1.54) is 0 Å². The first-order valence-corrected chi connectivity index (χ1v) is 5.89. The van der Waals surface area contributed by atoms with E-state index in [0.717, 1.165) is 11.5 Å². The van der Waals surface area contributed by atoms with Gasteiger partial charge in [0.25, 0.3) is 0 Å². The fourth-order valence-electron chi connectivity index (χ4n) is 1.44. The fraction of sp³-hybridized carbons (Fsp3) is 0.385. The Balaban J connectivity index is 2.08. The van der Waals surface area contributed by atoms with Gasteiger partial charge in [-0.05, 0) is 31.0 Å². The van der Waals surface area contributed by atoms with E-state index in [1.807, 2.05) is 30.6 Å². The van der Waals surface area contributed by atoms with Crippen LogP contribution in [0.2, 0.25) is 0 Å². The molecule has 2 aromatic heterocycles. The summed E-state index contributed by atoms with van der Waals surface area (Å²) in [6, 6.07) is 6.31. The normalized spacial score (nSPS) is 12.7. The van der Waals surface area contributed by atoms with Crippen molar-refractivity contribution in [2.24, 2.45) is 5.92 Å². The monoisotopic (exact) mass is 230 g/mol. The standard InChI is InChI=1S/C13H18N4/c1-10(2)11(3)16-12-5-6-13(14-9-12)17-8-4-7-15-17/h4-11,16H,1-3H3. The average molecular weight is 230 g/mol. The zero-order valence-electron chi connectivity index (χ0n) is 10.5. The molecule has 4 nitrogen and oxygen atoms in total. The van der Waals surface area contributed by atoms with Gasteiger partial charge in [-0.1, -0.05) is 13.8 Å². The number of hydrogen-bond donors (Lipinski definition) is 1. The van der Waals surface area contributed by atoms with Gasteiger partial charge in [-0.25, -0.2) is 9.67 Å². The van der Waals surface area contributed by atoms with Crippen molar-refractivity contribution in [1.29, 1.82) is 0 Å². The lowest BCUT2D eigenvalue weighted by Gasteiger charge is -2.18. The van der Waals surface area contributed by atoms with Crippen LogP contribution in [0.5, 0.6) is 0 Å². The predicted octanol–water partition coefficient (Wildman–Crippen LogP) is 2.72. The molecule has 0 saturated heterocycles. The first kappa shape index (κ1) is 11.6. The highest BCUT2D eigenvalue weighted by Crippen LogP contribution is 2.13. The lowest BCUT2D eigenvalue weighted by Crippen LogP contribution is -2.21. The summed E-state index contributed by atoms with van der Waals surface area (Å²) in [4.78, 5) is 4.37. The van der Waals surface area contributed by atoms with Gasteiger partial charge < -0.3 is 5.32 Å². The van der Waals surface area contributed by atoms with Crippen molar-refractivity contribution in [3.63, 3.8) is 0 Å². The third-order valence-electron chi connectivity index (χ3n) is 2.88. The quantitative estimate of drug-likeness (QED) is 0.878. The van der Waals surface area contributed by atoms with Crippen molar-refractivity contribution in [2.45, 2.75) is 26.8 Å². The van der Waals surface area contributed by atoms with Gasteiger partial charge in [0.2, 0.25) is 0 Å². The summed E-state index contributed by atoms with van der Waals surface area (Å²) >= 11 is 0. The summed E-state index contributed by atoms with van der Waals surface area (Å²) in [5, 5.41) is 7.56. The van der Waals surface area contributed by atoms with Gasteiger partial charge in [-0.2, -0.15) is 5.10 Å². The second-order valence-corrected chi connectivity index (χ2v) is 4.53. The Hall–Kier alpha value is -1.84. The summed E-state index contributed by atoms with van der Waals surface area (Å²) in [6.07, 6.45) is 5.47. The highest BCUT2D eigenvalue weighted by Gasteiger charge is 2.06. The Morgan fingerprint density at radius 1 is 1.24 bits per heavy atom. The topological polar surface area (TPSA) is 42.7 Å². The number of pyridine rings is 1. The van der Waals surface area contributed by atoms with Crippen molar-refractivity contribution in [3.8, 4) is 5.82 Å². The average Bonchev–Trinajstić information content (AvgIpc) is 2.83. The van der Waals surface area contributed by atoms with Gasteiger partial charge in [0.15, 0.2) is 5.82 Å². The zero-order valence-corrected chi connectivity index (χ0v) is 10.5. The Morgan fingerprint density at radius 2 is 2.06 bits per heavy atom. The lowest BCUT2D eigenvalue weighted by molar-refractivity contribution is 0.560. The van der Waals surface area contributed by atoms with Crippen molar-refractivity contribution >= 4 is 5.69 Å². The lowest BCUT2D eigenvalue weighted by atomic mass is 10.1. The van der Waals surface area contributed by atoms with Crippen LogP contribution < -0.4 is 5.32 Å². The molecule has 2 rings (SSSR count). The molecule has 1 unspecified atom stereocenters. The van der Waals surface area contributed by atoms with E-state index in [4.69, 9.17) is 0 Å². The van der Waals surface area contributed by atoms with Gasteiger partial charge in [-0.15, -0.1) is 0 Å². The summed E-state index contributed by atoms with van der Waals surface area (Å²) in [5.41, 5.74) is 1.04. The molecule has 0 aliphatic rings. The molecule has 1 atom stereocenters. The van der Waals surface area contributed by atoms with Crippen LogP contribution in [0.3, 0.4) is 0 Å². The summed E-state index contributed by atoms with van der Waals surface area (Å²) < 4.78 is 1.75. The van der Waals surface area contributed by atoms with Gasteiger partial charge in [0, 0.05) is 18.4 Å². The molecule has 17 heavy (non-hydrogen) atoms. The maximum atomic E-state index is 4.37.